The van der Waals surface area contributed by atoms with E-state index in [-0.39, 0.29) is 0 Å². The van der Waals surface area contributed by atoms with E-state index in [1.807, 2.05) is 18.4 Å². The highest BCUT2D eigenvalue weighted by Gasteiger charge is 2.07. The summed E-state index contributed by atoms with van der Waals surface area (Å²) >= 11 is 0. The van der Waals surface area contributed by atoms with Gasteiger partial charge in [0, 0.05) is 6.07 Å². The largest absolute Gasteiger partial charge is 0.493 e. The number of rotatable bonds is 45. The number of hydrogen-bond acceptors (Lipinski definition) is 3. The fourth-order valence-electron chi connectivity index (χ4n) is 7.88. The van der Waals surface area contributed by atoms with E-state index < -0.39 is 0 Å². The molecule has 0 aliphatic rings. The lowest BCUT2D eigenvalue weighted by atomic mass is 10.0. The van der Waals surface area contributed by atoms with Crippen LogP contribution in [0.5, 0.6) is 11.5 Å². The van der Waals surface area contributed by atoms with Crippen LogP contribution in [-0.4, -0.2) is 19.5 Å². The summed E-state index contributed by atoms with van der Waals surface area (Å²) in [5.41, 5.74) is 0.495. The molecule has 1 radical (unpaired) electrons. The number of unbranched alkanes of at least 4 members (excludes halogenated alkanes) is 38. The molecule has 0 unspecified atom stereocenters. The van der Waals surface area contributed by atoms with Gasteiger partial charge in [-0.1, -0.05) is 258 Å². The van der Waals surface area contributed by atoms with Crippen LogP contribution in [-0.2, 0) is 4.79 Å². The summed E-state index contributed by atoms with van der Waals surface area (Å²) in [7, 11) is 0. The molecule has 0 N–H and O–H groups in total. The number of carbonyl (C=O) groups excluding carboxylic acids is 1. The number of benzene rings is 1. The first-order valence-electron chi connectivity index (χ1n) is 24.6. The molecule has 54 heavy (non-hydrogen) atoms. The minimum atomic E-state index is 0.495. The maximum Gasteiger partial charge on any atom is 0.237 e. The first kappa shape index (κ1) is 50.5. The van der Waals surface area contributed by atoms with Crippen molar-refractivity contribution in [2.45, 2.75) is 271 Å². The SMILES string of the molecule is CCCCCCCCCCCCCCCCCCCCCCOc1ccc([C]=O)c(OCCCCCCCCCCCCCCCCCCCCCC)c1. The molecule has 3 nitrogen and oxygen atoms in total. The lowest BCUT2D eigenvalue weighted by molar-refractivity contribution is 0.289. The molecular formula is C51H93O3. The van der Waals surface area contributed by atoms with Crippen molar-refractivity contribution in [1.82, 2.24) is 0 Å². The van der Waals surface area contributed by atoms with Crippen molar-refractivity contribution in [3.63, 3.8) is 0 Å². The maximum absolute atomic E-state index is 11.5. The third kappa shape index (κ3) is 34.9. The number of ether oxygens (including phenoxy) is 2. The fourth-order valence-corrected chi connectivity index (χ4v) is 7.88. The molecule has 0 saturated heterocycles. The van der Waals surface area contributed by atoms with E-state index in [1.165, 1.54) is 244 Å². The second-order valence-corrected chi connectivity index (χ2v) is 16.9. The average Bonchev–Trinajstić information content (AvgIpc) is 3.19. The van der Waals surface area contributed by atoms with Gasteiger partial charge >= 0.3 is 0 Å². The third-order valence-corrected chi connectivity index (χ3v) is 11.6. The summed E-state index contributed by atoms with van der Waals surface area (Å²) in [6.45, 7) is 5.97. The molecule has 0 aliphatic carbocycles. The van der Waals surface area contributed by atoms with Crippen LogP contribution >= 0.6 is 0 Å². The van der Waals surface area contributed by atoms with Gasteiger partial charge in [-0.2, -0.15) is 0 Å². The molecule has 0 spiro atoms. The lowest BCUT2D eigenvalue weighted by Crippen LogP contribution is -2.02. The zero-order chi connectivity index (χ0) is 38.7. The monoisotopic (exact) mass is 754 g/mol. The maximum atomic E-state index is 11.5. The summed E-state index contributed by atoms with van der Waals surface area (Å²) in [6.07, 6.45) is 57.6. The van der Waals surface area contributed by atoms with E-state index in [0.717, 1.165) is 25.2 Å². The smallest absolute Gasteiger partial charge is 0.237 e. The van der Waals surface area contributed by atoms with Gasteiger partial charge in [-0.05, 0) is 25.0 Å². The van der Waals surface area contributed by atoms with Crippen molar-refractivity contribution in [2.75, 3.05) is 13.2 Å². The Morgan fingerprint density at radius 1 is 0.352 bits per heavy atom. The topological polar surface area (TPSA) is 35.5 Å². The van der Waals surface area contributed by atoms with E-state index in [9.17, 15) is 4.79 Å². The molecule has 315 valence electrons. The summed E-state index contributed by atoms with van der Waals surface area (Å²) < 4.78 is 12.0. The zero-order valence-electron chi connectivity index (χ0n) is 36.7. The molecule has 0 fully saturated rings. The summed E-state index contributed by atoms with van der Waals surface area (Å²) in [5.74, 6) is 1.41. The molecule has 0 saturated carbocycles. The van der Waals surface area contributed by atoms with Crippen LogP contribution in [0.1, 0.15) is 276 Å². The van der Waals surface area contributed by atoms with Gasteiger partial charge in [0.2, 0.25) is 6.29 Å². The van der Waals surface area contributed by atoms with Crippen molar-refractivity contribution >= 4 is 6.29 Å². The molecule has 3 heteroatoms. The van der Waals surface area contributed by atoms with Crippen LogP contribution in [0, 0.1) is 0 Å². The summed E-state index contributed by atoms with van der Waals surface area (Å²) in [5, 5.41) is 0. The van der Waals surface area contributed by atoms with Crippen molar-refractivity contribution in [3.05, 3.63) is 23.8 Å². The van der Waals surface area contributed by atoms with Crippen molar-refractivity contribution < 1.29 is 14.3 Å². The Balaban J connectivity index is 1.89. The molecule has 1 rings (SSSR count). The van der Waals surface area contributed by atoms with Crippen LogP contribution in [0.15, 0.2) is 18.2 Å². The Morgan fingerprint density at radius 3 is 0.889 bits per heavy atom. The van der Waals surface area contributed by atoms with Crippen LogP contribution < -0.4 is 9.47 Å². The van der Waals surface area contributed by atoms with Crippen molar-refractivity contribution in [1.29, 1.82) is 0 Å². The van der Waals surface area contributed by atoms with Gasteiger partial charge in [-0.3, -0.25) is 4.79 Å². The highest BCUT2D eigenvalue weighted by Crippen LogP contribution is 2.25. The van der Waals surface area contributed by atoms with Gasteiger partial charge in [0.05, 0.1) is 18.8 Å². The van der Waals surface area contributed by atoms with Crippen LogP contribution in [0.4, 0.5) is 0 Å². The van der Waals surface area contributed by atoms with Gasteiger partial charge in [0.15, 0.2) is 0 Å². The highest BCUT2D eigenvalue weighted by atomic mass is 16.5. The Morgan fingerprint density at radius 2 is 0.611 bits per heavy atom. The second kappa shape index (κ2) is 42.6. The Hall–Kier alpha value is -1.51. The predicted molar refractivity (Wildman–Crippen MR) is 238 cm³/mol. The van der Waals surface area contributed by atoms with Crippen LogP contribution in [0.25, 0.3) is 0 Å². The van der Waals surface area contributed by atoms with Gasteiger partial charge in [0.1, 0.15) is 11.5 Å². The molecular weight excluding hydrogens is 661 g/mol. The third-order valence-electron chi connectivity index (χ3n) is 11.6. The Kier molecular flexibility index (Phi) is 39.9. The van der Waals surface area contributed by atoms with Gasteiger partial charge in [0.25, 0.3) is 0 Å². The van der Waals surface area contributed by atoms with Crippen molar-refractivity contribution in [2.24, 2.45) is 0 Å². The van der Waals surface area contributed by atoms with Crippen molar-refractivity contribution in [3.8, 4) is 11.5 Å². The highest BCUT2D eigenvalue weighted by molar-refractivity contribution is 5.80. The van der Waals surface area contributed by atoms with Crippen LogP contribution in [0.3, 0.4) is 0 Å². The van der Waals surface area contributed by atoms with E-state index in [4.69, 9.17) is 9.47 Å². The van der Waals surface area contributed by atoms with Gasteiger partial charge < -0.3 is 9.47 Å². The fraction of sp³-hybridized carbons (Fsp3) is 0.863. The Labute approximate surface area is 338 Å². The number of hydrogen-bond donors (Lipinski definition) is 0. The quantitative estimate of drug-likeness (QED) is 0.0622. The molecule has 0 aliphatic heterocycles. The van der Waals surface area contributed by atoms with Crippen LogP contribution in [0.2, 0.25) is 0 Å². The molecule has 1 aromatic carbocycles. The molecule has 0 aromatic heterocycles. The minimum absolute atomic E-state index is 0.495. The zero-order valence-corrected chi connectivity index (χ0v) is 36.7. The summed E-state index contributed by atoms with van der Waals surface area (Å²) in [4.78, 5) is 11.5. The van der Waals surface area contributed by atoms with E-state index in [1.54, 1.807) is 6.07 Å². The van der Waals surface area contributed by atoms with E-state index >= 15 is 0 Å². The molecule has 0 bridgehead atoms. The standard InChI is InChI=1S/C51H93O3/c1-3-5-7-9-11-13-15-17-19-21-23-25-27-29-31-33-35-37-39-41-45-53-50-44-43-49(48-52)51(47-50)54-46-42-40-38-36-34-32-30-28-26-24-22-20-18-16-14-12-10-8-6-4-2/h43-44,47H,3-42,45-46H2,1-2H3. The normalized spacial score (nSPS) is 11.4. The van der Waals surface area contributed by atoms with Gasteiger partial charge in [-0.25, -0.2) is 0 Å². The molecule has 0 heterocycles. The van der Waals surface area contributed by atoms with E-state index in [0.29, 0.717) is 17.9 Å². The van der Waals surface area contributed by atoms with E-state index in [2.05, 4.69) is 13.8 Å². The summed E-state index contributed by atoms with van der Waals surface area (Å²) in [6, 6.07) is 5.54. The Bertz CT molecular complexity index is 882. The van der Waals surface area contributed by atoms with Gasteiger partial charge in [-0.15, -0.1) is 0 Å². The lowest BCUT2D eigenvalue weighted by Gasteiger charge is -2.11. The predicted octanol–water partition coefficient (Wildman–Crippen LogP) is 17.5. The first-order chi connectivity index (χ1) is 26.8. The molecule has 0 amide bonds. The molecule has 0 atom stereocenters. The molecule has 1 aromatic rings. The average molecular weight is 754 g/mol. The minimum Gasteiger partial charge on any atom is -0.493 e. The first-order valence-corrected chi connectivity index (χ1v) is 24.6. The second-order valence-electron chi connectivity index (χ2n) is 16.9.